The van der Waals surface area contributed by atoms with Crippen molar-refractivity contribution in [2.24, 2.45) is 11.7 Å². The van der Waals surface area contributed by atoms with Crippen LogP contribution >= 0.6 is 24.8 Å². The zero-order chi connectivity index (χ0) is 14.5. The molecule has 0 radical (unpaired) electrons. The highest BCUT2D eigenvalue weighted by Gasteiger charge is 2.16. The summed E-state index contributed by atoms with van der Waals surface area (Å²) >= 11 is 0. The highest BCUT2D eigenvalue weighted by atomic mass is 35.5. The molecule has 3 N–H and O–H groups in total. The van der Waals surface area contributed by atoms with Gasteiger partial charge in [0.2, 0.25) is 5.91 Å². The number of rotatable bonds is 5. The third-order valence-corrected chi connectivity index (χ3v) is 3.22. The second-order valence-corrected chi connectivity index (χ2v) is 4.84. The fourth-order valence-electron chi connectivity index (χ4n) is 1.69. The average molecular weight is 346 g/mol. The van der Waals surface area contributed by atoms with Gasteiger partial charge in [-0.2, -0.15) is 5.10 Å². The Morgan fingerprint density at radius 2 is 2.09 bits per heavy atom. The molecule has 2 aromatic heterocycles. The van der Waals surface area contributed by atoms with Crippen LogP contribution in [0.15, 0.2) is 36.8 Å². The summed E-state index contributed by atoms with van der Waals surface area (Å²) in [5.41, 5.74) is 6.68. The van der Waals surface area contributed by atoms with E-state index in [1.54, 1.807) is 17.1 Å². The molecule has 2 heterocycles. The minimum atomic E-state index is -0.206. The number of pyridine rings is 1. The fraction of sp³-hybridized carbons (Fsp3) is 0.357. The molecule has 6 nitrogen and oxygen atoms in total. The first-order valence-corrected chi connectivity index (χ1v) is 6.56. The molecule has 2 unspecified atom stereocenters. The molecule has 0 fully saturated rings. The van der Waals surface area contributed by atoms with Crippen molar-refractivity contribution >= 4 is 30.7 Å². The normalized spacial score (nSPS) is 12.5. The topological polar surface area (TPSA) is 85.8 Å². The molecule has 0 aliphatic rings. The molecule has 0 aliphatic heterocycles. The third-order valence-electron chi connectivity index (χ3n) is 3.22. The van der Waals surface area contributed by atoms with Crippen LogP contribution in [0.3, 0.4) is 0 Å². The van der Waals surface area contributed by atoms with E-state index >= 15 is 0 Å². The molecule has 2 aromatic rings. The summed E-state index contributed by atoms with van der Waals surface area (Å²) in [6.07, 6.45) is 5.22. The van der Waals surface area contributed by atoms with Crippen LogP contribution in [-0.4, -0.2) is 26.7 Å². The summed E-state index contributed by atoms with van der Waals surface area (Å²) in [6.45, 7) is 4.10. The van der Waals surface area contributed by atoms with Crippen molar-refractivity contribution in [3.63, 3.8) is 0 Å². The molecule has 0 saturated carbocycles. The van der Waals surface area contributed by atoms with E-state index < -0.39 is 0 Å². The van der Waals surface area contributed by atoms with E-state index in [0.29, 0.717) is 6.54 Å². The van der Waals surface area contributed by atoms with Gasteiger partial charge in [-0.05, 0) is 30.7 Å². The molecule has 2 atom stereocenters. The first-order valence-electron chi connectivity index (χ1n) is 6.56. The molecular weight excluding hydrogens is 325 g/mol. The van der Waals surface area contributed by atoms with Crippen molar-refractivity contribution in [1.82, 2.24) is 20.1 Å². The number of hydrogen-bond acceptors (Lipinski definition) is 4. The van der Waals surface area contributed by atoms with Gasteiger partial charge in [0.15, 0.2) is 5.82 Å². The molecule has 0 saturated heterocycles. The van der Waals surface area contributed by atoms with Gasteiger partial charge in [-0.1, -0.05) is 6.92 Å². The SMILES string of the molecule is CC(N)C(C)C(=O)NCc1ccnc(-n2cccn2)c1.Cl.Cl. The lowest BCUT2D eigenvalue weighted by Gasteiger charge is -2.15. The molecule has 0 aromatic carbocycles. The van der Waals surface area contributed by atoms with Crippen LogP contribution in [0.1, 0.15) is 19.4 Å². The number of aromatic nitrogens is 3. The number of nitrogens with two attached hydrogens (primary N) is 1. The van der Waals surface area contributed by atoms with Gasteiger partial charge in [0.1, 0.15) is 0 Å². The number of amides is 1. The van der Waals surface area contributed by atoms with Crippen LogP contribution in [0.2, 0.25) is 0 Å². The van der Waals surface area contributed by atoms with Crippen molar-refractivity contribution in [2.75, 3.05) is 0 Å². The number of nitrogens with zero attached hydrogens (tertiary/aromatic N) is 3. The Kier molecular flexibility index (Phi) is 8.70. The minimum Gasteiger partial charge on any atom is -0.352 e. The van der Waals surface area contributed by atoms with Crippen molar-refractivity contribution in [3.8, 4) is 5.82 Å². The van der Waals surface area contributed by atoms with Gasteiger partial charge in [0, 0.05) is 37.1 Å². The Morgan fingerprint density at radius 1 is 1.36 bits per heavy atom. The summed E-state index contributed by atoms with van der Waals surface area (Å²) in [7, 11) is 0. The zero-order valence-electron chi connectivity index (χ0n) is 12.5. The molecule has 0 aliphatic carbocycles. The van der Waals surface area contributed by atoms with Crippen LogP contribution in [-0.2, 0) is 11.3 Å². The molecular formula is C14H21Cl2N5O. The standard InChI is InChI=1S/C14H19N5O.2ClH/c1-10(11(2)15)14(20)17-9-12-4-6-16-13(8-12)19-7-3-5-18-19;;/h3-8,10-11H,9,15H2,1-2H3,(H,17,20);2*1H. The highest BCUT2D eigenvalue weighted by molar-refractivity contribution is 5.85. The molecule has 22 heavy (non-hydrogen) atoms. The maximum Gasteiger partial charge on any atom is 0.224 e. The number of carbonyl (C=O) groups is 1. The van der Waals surface area contributed by atoms with Crippen LogP contribution in [0.4, 0.5) is 0 Å². The second kappa shape index (κ2) is 9.40. The monoisotopic (exact) mass is 345 g/mol. The molecule has 1 amide bonds. The van der Waals surface area contributed by atoms with Crippen molar-refractivity contribution in [1.29, 1.82) is 0 Å². The molecule has 2 rings (SSSR count). The largest absolute Gasteiger partial charge is 0.352 e. The molecule has 0 bridgehead atoms. The van der Waals surface area contributed by atoms with Gasteiger partial charge < -0.3 is 11.1 Å². The summed E-state index contributed by atoms with van der Waals surface area (Å²) in [5.74, 6) is 0.474. The quantitative estimate of drug-likeness (QED) is 0.863. The van der Waals surface area contributed by atoms with E-state index in [9.17, 15) is 4.79 Å². The van der Waals surface area contributed by atoms with Crippen molar-refractivity contribution < 1.29 is 4.79 Å². The van der Waals surface area contributed by atoms with E-state index in [1.165, 1.54) is 0 Å². The summed E-state index contributed by atoms with van der Waals surface area (Å²) in [5, 5.41) is 7.00. The predicted octanol–water partition coefficient (Wildman–Crippen LogP) is 1.71. The maximum atomic E-state index is 11.8. The van der Waals surface area contributed by atoms with Gasteiger partial charge in [-0.3, -0.25) is 4.79 Å². The number of halogens is 2. The lowest BCUT2D eigenvalue weighted by Crippen LogP contribution is -2.38. The number of nitrogens with one attached hydrogen (secondary N) is 1. The van der Waals surface area contributed by atoms with E-state index in [0.717, 1.165) is 11.4 Å². The van der Waals surface area contributed by atoms with E-state index in [-0.39, 0.29) is 42.7 Å². The van der Waals surface area contributed by atoms with E-state index in [4.69, 9.17) is 5.73 Å². The predicted molar refractivity (Wildman–Crippen MR) is 90.5 cm³/mol. The number of hydrogen-bond donors (Lipinski definition) is 2. The Hall–Kier alpha value is -1.63. The Morgan fingerprint density at radius 3 is 2.68 bits per heavy atom. The van der Waals surface area contributed by atoms with E-state index in [2.05, 4.69) is 15.4 Å². The maximum absolute atomic E-state index is 11.8. The Bertz CT molecular complexity index is 574. The minimum absolute atomic E-state index is 0. The fourth-order valence-corrected chi connectivity index (χ4v) is 1.69. The van der Waals surface area contributed by atoms with Crippen LogP contribution in [0, 0.1) is 5.92 Å². The van der Waals surface area contributed by atoms with Gasteiger partial charge in [-0.15, -0.1) is 24.8 Å². The smallest absolute Gasteiger partial charge is 0.224 e. The summed E-state index contributed by atoms with van der Waals surface area (Å²) in [4.78, 5) is 16.1. The van der Waals surface area contributed by atoms with Gasteiger partial charge in [-0.25, -0.2) is 9.67 Å². The summed E-state index contributed by atoms with van der Waals surface area (Å²) in [6, 6.07) is 5.43. The van der Waals surface area contributed by atoms with Crippen LogP contribution < -0.4 is 11.1 Å². The van der Waals surface area contributed by atoms with Crippen LogP contribution in [0.25, 0.3) is 5.82 Å². The van der Waals surface area contributed by atoms with Crippen molar-refractivity contribution in [2.45, 2.75) is 26.4 Å². The first-order chi connectivity index (χ1) is 9.58. The highest BCUT2D eigenvalue weighted by Crippen LogP contribution is 2.07. The lowest BCUT2D eigenvalue weighted by molar-refractivity contribution is -0.125. The van der Waals surface area contributed by atoms with Gasteiger partial charge in [0.25, 0.3) is 0 Å². The molecule has 8 heteroatoms. The molecule has 0 spiro atoms. The van der Waals surface area contributed by atoms with Crippen molar-refractivity contribution in [3.05, 3.63) is 42.4 Å². The first kappa shape index (κ1) is 20.4. The summed E-state index contributed by atoms with van der Waals surface area (Å²) < 4.78 is 1.68. The van der Waals surface area contributed by atoms with E-state index in [1.807, 2.05) is 38.2 Å². The van der Waals surface area contributed by atoms with Crippen LogP contribution in [0.5, 0.6) is 0 Å². The van der Waals surface area contributed by atoms with Gasteiger partial charge >= 0.3 is 0 Å². The Balaban J connectivity index is 0.00000220. The average Bonchev–Trinajstić information content (AvgIpc) is 2.98. The lowest BCUT2D eigenvalue weighted by atomic mass is 10.0. The second-order valence-electron chi connectivity index (χ2n) is 4.84. The third kappa shape index (κ3) is 5.29. The number of carbonyl (C=O) groups excluding carboxylic acids is 1. The molecule has 122 valence electrons. The van der Waals surface area contributed by atoms with Gasteiger partial charge in [0.05, 0.1) is 0 Å². The zero-order valence-corrected chi connectivity index (χ0v) is 14.1. The Labute approximate surface area is 142 Å².